The third-order valence-electron chi connectivity index (χ3n) is 6.53. The Labute approximate surface area is 227 Å². The number of esters is 1. The maximum atomic E-state index is 15.0. The van der Waals surface area contributed by atoms with Crippen molar-refractivity contribution in [2.24, 2.45) is 0 Å². The molecule has 1 aromatic heterocycles. The molecule has 1 N–H and O–H groups in total. The number of rotatable bonds is 11. The van der Waals surface area contributed by atoms with Crippen LogP contribution in [-0.4, -0.2) is 53.0 Å². The highest BCUT2D eigenvalue weighted by atomic mass is 31.1. The highest BCUT2D eigenvalue weighted by molar-refractivity contribution is 7.37. The van der Waals surface area contributed by atoms with Crippen molar-refractivity contribution >= 4 is 14.6 Å². The van der Waals surface area contributed by atoms with E-state index in [9.17, 15) is 9.90 Å². The van der Waals surface area contributed by atoms with Crippen molar-refractivity contribution in [3.63, 3.8) is 0 Å². The molecule has 204 valence electrons. The molecule has 0 fully saturated rings. The van der Waals surface area contributed by atoms with Crippen LogP contribution >= 0.6 is 8.58 Å². The number of carbonyl (C=O) groups is 1. The van der Waals surface area contributed by atoms with Gasteiger partial charge < -0.3 is 14.6 Å². The Morgan fingerprint density at radius 3 is 2.45 bits per heavy atom. The van der Waals surface area contributed by atoms with E-state index >= 15 is 4.39 Å². The molecule has 0 aliphatic rings. The molecule has 38 heavy (non-hydrogen) atoms. The number of halogens is 1. The van der Waals surface area contributed by atoms with Gasteiger partial charge >= 0.3 is 5.97 Å². The number of carbonyl (C=O) groups excluding carboxylic acids is 1. The average molecular weight is 541 g/mol. The summed E-state index contributed by atoms with van der Waals surface area (Å²) in [5.74, 6) is -0.297. The molecule has 1 unspecified atom stereocenters. The minimum atomic E-state index is -0.602. The summed E-state index contributed by atoms with van der Waals surface area (Å²) in [7, 11) is 2.10. The van der Waals surface area contributed by atoms with E-state index in [-0.39, 0.29) is 12.1 Å². The van der Waals surface area contributed by atoms with Crippen LogP contribution in [0.2, 0.25) is 0 Å². The summed E-state index contributed by atoms with van der Waals surface area (Å²) >= 11 is 0. The number of aromatic nitrogens is 1. The van der Waals surface area contributed by atoms with E-state index in [2.05, 4.69) is 37.6 Å². The molecule has 0 amide bonds. The third-order valence-corrected chi connectivity index (χ3v) is 7.33. The topological polar surface area (TPSA) is 71.9 Å². The first-order chi connectivity index (χ1) is 18.0. The first-order valence-corrected chi connectivity index (χ1v) is 14.5. The molecular weight excluding hydrogens is 502 g/mol. The molecule has 8 heteroatoms. The van der Waals surface area contributed by atoms with Gasteiger partial charge in [-0.25, -0.2) is 14.2 Å². The lowest BCUT2D eigenvalue weighted by atomic mass is 9.93. The SMILES string of the molecule is COc1cc(-c2cc(C)c(C(=O)Oc3cccc([C@H](O)CPC)c3)cc2CN(C(C)C)C(C)C)c(F)cn1. The van der Waals surface area contributed by atoms with Gasteiger partial charge in [0.1, 0.15) is 11.6 Å². The number of aryl methyl sites for hydroxylation is 1. The Morgan fingerprint density at radius 1 is 1.11 bits per heavy atom. The lowest BCUT2D eigenvalue weighted by Gasteiger charge is -2.31. The second kappa shape index (κ2) is 13.3. The zero-order valence-corrected chi connectivity index (χ0v) is 24.2. The zero-order valence-electron chi connectivity index (χ0n) is 23.2. The molecule has 0 aliphatic carbocycles. The Kier molecular flexibility index (Phi) is 10.4. The molecular formula is C30H38FN2O4P. The van der Waals surface area contributed by atoms with Gasteiger partial charge in [-0.2, -0.15) is 0 Å². The van der Waals surface area contributed by atoms with Crippen LogP contribution in [0.15, 0.2) is 48.7 Å². The normalized spacial score (nSPS) is 12.6. The lowest BCUT2D eigenvalue weighted by molar-refractivity contribution is 0.0733. The Bertz CT molecular complexity index is 1260. The van der Waals surface area contributed by atoms with Gasteiger partial charge in [0.15, 0.2) is 0 Å². The van der Waals surface area contributed by atoms with Crippen molar-refractivity contribution in [1.82, 2.24) is 9.88 Å². The lowest BCUT2D eigenvalue weighted by Crippen LogP contribution is -2.36. The number of ether oxygens (including phenoxy) is 2. The van der Waals surface area contributed by atoms with Gasteiger partial charge in [0.2, 0.25) is 5.88 Å². The molecule has 1 heterocycles. The van der Waals surface area contributed by atoms with Crippen molar-refractivity contribution < 1.29 is 23.8 Å². The highest BCUT2D eigenvalue weighted by Crippen LogP contribution is 2.33. The summed E-state index contributed by atoms with van der Waals surface area (Å²) in [5.41, 5.74) is 3.61. The maximum absolute atomic E-state index is 15.0. The van der Waals surface area contributed by atoms with Gasteiger partial charge in [-0.3, -0.25) is 4.90 Å². The molecule has 3 rings (SSSR count). The average Bonchev–Trinajstić information content (AvgIpc) is 2.87. The number of aliphatic hydroxyl groups excluding tert-OH is 1. The zero-order chi connectivity index (χ0) is 28.0. The fraction of sp³-hybridized carbons (Fsp3) is 0.400. The number of pyridine rings is 1. The fourth-order valence-corrected chi connectivity index (χ4v) is 5.13. The molecule has 0 bridgehead atoms. The Morgan fingerprint density at radius 2 is 1.82 bits per heavy atom. The monoisotopic (exact) mass is 540 g/mol. The van der Waals surface area contributed by atoms with Crippen LogP contribution in [0.1, 0.15) is 60.8 Å². The number of methoxy groups -OCH3 is 1. The minimum absolute atomic E-state index is 0.231. The molecule has 2 aromatic carbocycles. The quantitative estimate of drug-likeness (QED) is 0.173. The number of hydrogen-bond acceptors (Lipinski definition) is 6. The first-order valence-electron chi connectivity index (χ1n) is 12.8. The second-order valence-electron chi connectivity index (χ2n) is 9.93. The van der Waals surface area contributed by atoms with E-state index in [1.807, 2.05) is 25.7 Å². The second-order valence-corrected chi connectivity index (χ2v) is 11.0. The van der Waals surface area contributed by atoms with Gasteiger partial charge in [0, 0.05) is 30.3 Å². The van der Waals surface area contributed by atoms with Crippen LogP contribution in [0, 0.1) is 12.7 Å². The summed E-state index contributed by atoms with van der Waals surface area (Å²) in [6.07, 6.45) is 1.20. The van der Waals surface area contributed by atoms with Crippen molar-refractivity contribution in [1.29, 1.82) is 0 Å². The largest absolute Gasteiger partial charge is 0.481 e. The number of benzene rings is 2. The van der Waals surface area contributed by atoms with Crippen LogP contribution in [-0.2, 0) is 6.54 Å². The third kappa shape index (κ3) is 7.16. The summed E-state index contributed by atoms with van der Waals surface area (Å²) in [4.78, 5) is 19.6. The maximum Gasteiger partial charge on any atom is 0.343 e. The smallest absolute Gasteiger partial charge is 0.343 e. The van der Waals surface area contributed by atoms with Gasteiger partial charge in [0.05, 0.1) is 25.0 Å². The first kappa shape index (κ1) is 29.7. The molecule has 0 radical (unpaired) electrons. The van der Waals surface area contributed by atoms with Gasteiger partial charge in [0.25, 0.3) is 0 Å². The Balaban J connectivity index is 2.06. The van der Waals surface area contributed by atoms with Crippen LogP contribution < -0.4 is 9.47 Å². The molecule has 0 saturated heterocycles. The predicted molar refractivity (Wildman–Crippen MR) is 152 cm³/mol. The summed E-state index contributed by atoms with van der Waals surface area (Å²) in [6.45, 7) is 12.8. The van der Waals surface area contributed by atoms with Gasteiger partial charge in [-0.05, 0) is 87.9 Å². The summed E-state index contributed by atoms with van der Waals surface area (Å²) in [6, 6.07) is 12.7. The van der Waals surface area contributed by atoms with Crippen LogP contribution in [0.25, 0.3) is 11.1 Å². The molecule has 6 nitrogen and oxygen atoms in total. The number of nitrogens with zero attached hydrogens (tertiary/aromatic N) is 2. The Hall–Kier alpha value is -2.86. The number of hydrogen-bond donors (Lipinski definition) is 1. The van der Waals surface area contributed by atoms with E-state index < -0.39 is 17.9 Å². The van der Waals surface area contributed by atoms with E-state index in [4.69, 9.17) is 9.47 Å². The minimum Gasteiger partial charge on any atom is -0.481 e. The number of aliphatic hydroxyl groups is 1. The predicted octanol–water partition coefficient (Wildman–Crippen LogP) is 6.38. The van der Waals surface area contributed by atoms with Crippen molar-refractivity contribution in [2.45, 2.75) is 59.4 Å². The molecule has 0 saturated carbocycles. The van der Waals surface area contributed by atoms with E-state index in [0.29, 0.717) is 60.7 Å². The van der Waals surface area contributed by atoms with Crippen LogP contribution in [0.3, 0.4) is 0 Å². The van der Waals surface area contributed by atoms with Crippen molar-refractivity contribution in [3.05, 3.63) is 76.7 Å². The van der Waals surface area contributed by atoms with E-state index in [1.54, 1.807) is 30.3 Å². The van der Waals surface area contributed by atoms with Crippen molar-refractivity contribution in [2.75, 3.05) is 19.9 Å². The highest BCUT2D eigenvalue weighted by Gasteiger charge is 2.22. The van der Waals surface area contributed by atoms with Crippen LogP contribution in [0.5, 0.6) is 11.6 Å². The van der Waals surface area contributed by atoms with Gasteiger partial charge in [-0.15, -0.1) is 8.58 Å². The summed E-state index contributed by atoms with van der Waals surface area (Å²) in [5, 5.41) is 10.4. The molecule has 0 aliphatic heterocycles. The fourth-order valence-electron chi connectivity index (χ4n) is 4.51. The standard InChI is InChI=1S/C30H38FN2O4P/c1-18(2)33(19(3)4)16-22-13-24(20(5)11-25(22)26-14-29(36-6)32-15-27(26)31)30(35)37-23-10-8-9-21(12-23)28(34)17-38-7/h8-15,18-19,28,34,38H,16-17H2,1-7H3/t28-/m1/s1. The molecule has 3 aromatic rings. The van der Waals surface area contributed by atoms with Gasteiger partial charge in [-0.1, -0.05) is 18.2 Å². The molecule has 2 atom stereocenters. The van der Waals surface area contributed by atoms with Crippen LogP contribution in [0.4, 0.5) is 4.39 Å². The van der Waals surface area contributed by atoms with E-state index in [0.717, 1.165) is 11.8 Å². The molecule has 0 spiro atoms. The summed E-state index contributed by atoms with van der Waals surface area (Å²) < 4.78 is 26.0. The van der Waals surface area contributed by atoms with E-state index in [1.165, 1.54) is 7.11 Å². The van der Waals surface area contributed by atoms with Crippen molar-refractivity contribution in [3.8, 4) is 22.8 Å².